The van der Waals surface area contributed by atoms with Gasteiger partial charge in [-0.25, -0.2) is 17.6 Å². The van der Waals surface area contributed by atoms with Crippen molar-refractivity contribution in [2.45, 2.75) is 45.4 Å². The zero-order chi connectivity index (χ0) is 18.2. The topological polar surface area (TPSA) is 0 Å². The maximum absolute atomic E-state index is 14.0. The van der Waals surface area contributed by atoms with Crippen LogP contribution < -0.4 is 0 Å². The number of aryl methyl sites for hydroxylation is 2. The van der Waals surface area contributed by atoms with Crippen LogP contribution in [0.3, 0.4) is 0 Å². The Hall–Kier alpha value is -2.10. The van der Waals surface area contributed by atoms with Crippen molar-refractivity contribution in [1.82, 2.24) is 0 Å². The summed E-state index contributed by atoms with van der Waals surface area (Å²) in [6, 6.07) is 10.4. The van der Waals surface area contributed by atoms with Gasteiger partial charge in [0.25, 0.3) is 0 Å². The van der Waals surface area contributed by atoms with E-state index < -0.39 is 23.3 Å². The molecule has 0 nitrogen and oxygen atoms in total. The lowest BCUT2D eigenvalue weighted by atomic mass is 10.0. The molecule has 0 saturated heterocycles. The Morgan fingerprint density at radius 3 is 2.08 bits per heavy atom. The predicted octanol–water partition coefficient (Wildman–Crippen LogP) is 6.94. The zero-order valence-electron chi connectivity index (χ0n) is 14.3. The van der Waals surface area contributed by atoms with Crippen LogP contribution in [0.1, 0.15) is 49.3 Å². The molecule has 0 aromatic heterocycles. The molecule has 2 aromatic rings. The Balaban J connectivity index is 1.97. The van der Waals surface area contributed by atoms with Crippen LogP contribution in [0.25, 0.3) is 5.83 Å². The average Bonchev–Trinajstić information content (AvgIpc) is 2.62. The molecule has 0 saturated carbocycles. The van der Waals surface area contributed by atoms with E-state index in [1.165, 1.54) is 6.07 Å². The molecule has 0 amide bonds. The van der Waals surface area contributed by atoms with E-state index in [1.807, 2.05) is 6.92 Å². The summed E-state index contributed by atoms with van der Waals surface area (Å²) in [6.45, 7) is 2.01. The van der Waals surface area contributed by atoms with E-state index in [4.69, 9.17) is 0 Å². The van der Waals surface area contributed by atoms with Gasteiger partial charge >= 0.3 is 0 Å². The third-order valence-corrected chi connectivity index (χ3v) is 4.13. The molecule has 0 aliphatic rings. The van der Waals surface area contributed by atoms with Gasteiger partial charge < -0.3 is 0 Å². The molecule has 2 rings (SSSR count). The first-order valence-corrected chi connectivity index (χ1v) is 8.58. The van der Waals surface area contributed by atoms with Crippen LogP contribution in [-0.2, 0) is 12.8 Å². The second kappa shape index (κ2) is 9.40. The molecule has 134 valence electrons. The van der Waals surface area contributed by atoms with Gasteiger partial charge in [-0.05, 0) is 42.5 Å². The number of unbranched alkanes of at least 4 members (excludes halogenated alkanes) is 2. The summed E-state index contributed by atoms with van der Waals surface area (Å²) in [5.74, 6) is -3.24. The molecule has 4 heteroatoms. The molecule has 0 unspecified atom stereocenters. The Labute approximate surface area is 146 Å². The first kappa shape index (κ1) is 19.2. The summed E-state index contributed by atoms with van der Waals surface area (Å²) in [6.07, 6.45) is 3.75. The van der Waals surface area contributed by atoms with Crippen molar-refractivity contribution in [2.24, 2.45) is 0 Å². The largest absolute Gasteiger partial charge is 0.209 e. The summed E-state index contributed by atoms with van der Waals surface area (Å²) in [5, 5.41) is 0. The van der Waals surface area contributed by atoms with Gasteiger partial charge in [-0.15, -0.1) is 0 Å². The lowest BCUT2D eigenvalue weighted by molar-refractivity contribution is 0.507. The lowest BCUT2D eigenvalue weighted by Crippen LogP contribution is -1.94. The highest BCUT2D eigenvalue weighted by Crippen LogP contribution is 2.25. The lowest BCUT2D eigenvalue weighted by Gasteiger charge is -2.05. The molecule has 2 aromatic carbocycles. The van der Waals surface area contributed by atoms with Crippen molar-refractivity contribution in [3.8, 4) is 0 Å². The SMILES string of the molecule is CCCCC/C(F)=C(/F)c1ccc(CCc2ccc(F)c(F)c2)cc1. The molecule has 0 aliphatic heterocycles. The van der Waals surface area contributed by atoms with Crippen LogP contribution in [-0.4, -0.2) is 0 Å². The smallest absolute Gasteiger partial charge is 0.161 e. The summed E-state index contributed by atoms with van der Waals surface area (Å²) in [4.78, 5) is 0. The van der Waals surface area contributed by atoms with Gasteiger partial charge in [0.05, 0.1) is 0 Å². The maximum Gasteiger partial charge on any atom is 0.161 e. The summed E-state index contributed by atoms with van der Waals surface area (Å²) < 4.78 is 53.9. The fourth-order valence-corrected chi connectivity index (χ4v) is 2.60. The van der Waals surface area contributed by atoms with Crippen LogP contribution in [0, 0.1) is 11.6 Å². The highest BCUT2D eigenvalue weighted by Gasteiger charge is 2.09. The van der Waals surface area contributed by atoms with Crippen molar-refractivity contribution in [2.75, 3.05) is 0 Å². The van der Waals surface area contributed by atoms with Gasteiger partial charge in [-0.2, -0.15) is 0 Å². The minimum absolute atomic E-state index is 0.123. The van der Waals surface area contributed by atoms with Gasteiger partial charge in [-0.3, -0.25) is 0 Å². The van der Waals surface area contributed by atoms with Crippen LogP contribution >= 0.6 is 0 Å². The highest BCUT2D eigenvalue weighted by atomic mass is 19.2. The van der Waals surface area contributed by atoms with Gasteiger partial charge in [-0.1, -0.05) is 50.1 Å². The Morgan fingerprint density at radius 1 is 0.800 bits per heavy atom. The van der Waals surface area contributed by atoms with E-state index in [-0.39, 0.29) is 12.0 Å². The molecule has 0 aliphatic carbocycles. The van der Waals surface area contributed by atoms with Gasteiger partial charge in [0.1, 0.15) is 5.83 Å². The summed E-state index contributed by atoms with van der Waals surface area (Å²) >= 11 is 0. The second-order valence-corrected chi connectivity index (χ2v) is 6.12. The number of hydrogen-bond donors (Lipinski definition) is 0. The maximum atomic E-state index is 14.0. The van der Waals surface area contributed by atoms with E-state index >= 15 is 0 Å². The van der Waals surface area contributed by atoms with Gasteiger partial charge in [0.2, 0.25) is 0 Å². The molecule has 0 heterocycles. The minimum atomic E-state index is -0.865. The summed E-state index contributed by atoms with van der Waals surface area (Å²) in [5.41, 5.74) is 1.84. The number of halogens is 4. The van der Waals surface area contributed by atoms with Crippen molar-refractivity contribution in [1.29, 1.82) is 0 Å². The van der Waals surface area contributed by atoms with Crippen LogP contribution in [0.15, 0.2) is 48.3 Å². The molecular weight excluding hydrogens is 328 g/mol. The first-order chi connectivity index (χ1) is 12.0. The Bertz CT molecular complexity index is 717. The monoisotopic (exact) mass is 350 g/mol. The zero-order valence-corrected chi connectivity index (χ0v) is 14.3. The van der Waals surface area contributed by atoms with Crippen LogP contribution in [0.4, 0.5) is 17.6 Å². The molecule has 0 atom stereocenters. The fraction of sp³-hybridized carbons (Fsp3) is 0.333. The normalized spacial score (nSPS) is 12.2. The van der Waals surface area contributed by atoms with Gasteiger partial charge in [0.15, 0.2) is 17.5 Å². The molecule has 0 fully saturated rings. The van der Waals surface area contributed by atoms with E-state index in [0.717, 1.165) is 24.5 Å². The molecule has 0 bridgehead atoms. The molecule has 25 heavy (non-hydrogen) atoms. The van der Waals surface area contributed by atoms with Crippen molar-refractivity contribution in [3.63, 3.8) is 0 Å². The third-order valence-electron chi connectivity index (χ3n) is 4.13. The number of hydrogen-bond acceptors (Lipinski definition) is 0. The predicted molar refractivity (Wildman–Crippen MR) is 93.5 cm³/mol. The first-order valence-electron chi connectivity index (χ1n) is 8.58. The molecular formula is C21H22F4. The minimum Gasteiger partial charge on any atom is -0.209 e. The van der Waals surface area contributed by atoms with E-state index in [2.05, 4.69) is 0 Å². The van der Waals surface area contributed by atoms with Crippen molar-refractivity contribution < 1.29 is 17.6 Å². The standard InChI is InChI=1S/C21H22F4/c1-2-3-4-5-19(23)21(25)17-11-8-15(9-12-17)6-7-16-10-13-18(22)20(24)14-16/h8-14H,2-7H2,1H3/b21-19-. The number of benzene rings is 2. The van der Waals surface area contributed by atoms with Crippen LogP contribution in [0.5, 0.6) is 0 Å². The van der Waals surface area contributed by atoms with E-state index in [1.54, 1.807) is 30.3 Å². The fourth-order valence-electron chi connectivity index (χ4n) is 2.60. The van der Waals surface area contributed by atoms with E-state index in [9.17, 15) is 17.6 Å². The highest BCUT2D eigenvalue weighted by molar-refractivity contribution is 5.61. The Morgan fingerprint density at radius 2 is 1.44 bits per heavy atom. The third kappa shape index (κ3) is 5.73. The molecule has 0 spiro atoms. The second-order valence-electron chi connectivity index (χ2n) is 6.12. The van der Waals surface area contributed by atoms with Crippen molar-refractivity contribution in [3.05, 3.63) is 76.6 Å². The molecule has 0 radical (unpaired) electrons. The Kier molecular flexibility index (Phi) is 7.23. The number of allylic oxidation sites excluding steroid dienone is 1. The molecule has 0 N–H and O–H groups in total. The van der Waals surface area contributed by atoms with E-state index in [0.29, 0.717) is 24.8 Å². The summed E-state index contributed by atoms with van der Waals surface area (Å²) in [7, 11) is 0. The van der Waals surface area contributed by atoms with Crippen LogP contribution in [0.2, 0.25) is 0 Å². The average molecular weight is 350 g/mol. The number of rotatable bonds is 8. The van der Waals surface area contributed by atoms with Gasteiger partial charge in [0, 0.05) is 12.0 Å². The van der Waals surface area contributed by atoms with Crippen molar-refractivity contribution >= 4 is 5.83 Å². The quantitative estimate of drug-likeness (QED) is 0.357.